The predicted octanol–water partition coefficient (Wildman–Crippen LogP) is 2.40. The summed E-state index contributed by atoms with van der Waals surface area (Å²) in [5, 5.41) is 8.55. The lowest BCUT2D eigenvalue weighted by molar-refractivity contribution is 0.230. The fourth-order valence-corrected chi connectivity index (χ4v) is 2.93. The van der Waals surface area contributed by atoms with E-state index in [0.717, 1.165) is 49.4 Å². The Morgan fingerprint density at radius 1 is 1.43 bits per heavy atom. The van der Waals surface area contributed by atoms with E-state index in [0.29, 0.717) is 11.7 Å². The quantitative estimate of drug-likeness (QED) is 0.938. The zero-order chi connectivity index (χ0) is 15.0. The minimum atomic E-state index is -0.444. The summed E-state index contributed by atoms with van der Waals surface area (Å²) in [6, 6.07) is 1.99. The van der Waals surface area contributed by atoms with Crippen LogP contribution in [0.5, 0.6) is 0 Å². The van der Waals surface area contributed by atoms with Crippen LogP contribution in [0.15, 0.2) is 10.6 Å². The molecule has 0 radical (unpaired) electrons. The summed E-state index contributed by atoms with van der Waals surface area (Å²) in [4.78, 5) is 4.55. The molecule has 0 unspecified atom stereocenters. The SMILES string of the molecule is CCc1cc(-c2nc(C3(N)CCC(C)CC3)no2)n(C)n1. The second kappa shape index (κ2) is 5.26. The highest BCUT2D eigenvalue weighted by Crippen LogP contribution is 2.36. The highest BCUT2D eigenvalue weighted by molar-refractivity contribution is 5.48. The lowest BCUT2D eigenvalue weighted by Gasteiger charge is -2.33. The lowest BCUT2D eigenvalue weighted by atomic mass is 9.77. The molecule has 0 bridgehead atoms. The minimum Gasteiger partial charge on any atom is -0.332 e. The number of nitrogens with two attached hydrogens (primary N) is 1. The molecule has 2 N–H and O–H groups in total. The van der Waals surface area contributed by atoms with Crippen LogP contribution in [0.2, 0.25) is 0 Å². The number of hydrogen-bond donors (Lipinski definition) is 1. The first-order valence-electron chi connectivity index (χ1n) is 7.68. The summed E-state index contributed by atoms with van der Waals surface area (Å²) < 4.78 is 7.21. The fourth-order valence-electron chi connectivity index (χ4n) is 2.93. The Bertz CT molecular complexity index is 622. The van der Waals surface area contributed by atoms with Crippen molar-refractivity contribution in [3.8, 4) is 11.6 Å². The van der Waals surface area contributed by atoms with Gasteiger partial charge in [0.15, 0.2) is 5.82 Å². The van der Waals surface area contributed by atoms with Crippen molar-refractivity contribution in [1.29, 1.82) is 0 Å². The molecular formula is C15H23N5O. The first kappa shape index (κ1) is 14.3. The number of aromatic nitrogens is 4. The van der Waals surface area contributed by atoms with Crippen LogP contribution in [-0.4, -0.2) is 19.9 Å². The van der Waals surface area contributed by atoms with Crippen LogP contribution >= 0.6 is 0 Å². The van der Waals surface area contributed by atoms with Gasteiger partial charge in [0.25, 0.3) is 5.89 Å². The summed E-state index contributed by atoms with van der Waals surface area (Å²) >= 11 is 0. The average molecular weight is 289 g/mol. The van der Waals surface area contributed by atoms with E-state index in [-0.39, 0.29) is 0 Å². The fraction of sp³-hybridized carbons (Fsp3) is 0.667. The van der Waals surface area contributed by atoms with Crippen molar-refractivity contribution in [2.75, 3.05) is 0 Å². The number of aryl methyl sites for hydroxylation is 2. The number of nitrogens with zero attached hydrogens (tertiary/aromatic N) is 4. The Balaban J connectivity index is 1.87. The van der Waals surface area contributed by atoms with E-state index in [9.17, 15) is 0 Å². The third-order valence-corrected chi connectivity index (χ3v) is 4.55. The van der Waals surface area contributed by atoms with Crippen molar-refractivity contribution in [1.82, 2.24) is 19.9 Å². The van der Waals surface area contributed by atoms with Crippen LogP contribution in [0.3, 0.4) is 0 Å². The van der Waals surface area contributed by atoms with Crippen molar-refractivity contribution in [3.05, 3.63) is 17.6 Å². The molecule has 21 heavy (non-hydrogen) atoms. The van der Waals surface area contributed by atoms with Gasteiger partial charge in [-0.1, -0.05) is 19.0 Å². The zero-order valence-electron chi connectivity index (χ0n) is 13.0. The molecule has 0 aliphatic heterocycles. The maximum atomic E-state index is 6.50. The molecule has 2 heterocycles. The average Bonchev–Trinajstić information content (AvgIpc) is 3.09. The standard InChI is InChI=1S/C15H23N5O/c1-4-11-9-12(20(3)18-11)13-17-14(19-21-13)15(16)7-5-10(2)6-8-15/h9-10H,4-8,16H2,1-3H3. The third-order valence-electron chi connectivity index (χ3n) is 4.55. The molecule has 3 rings (SSSR count). The molecule has 2 aromatic heterocycles. The maximum Gasteiger partial charge on any atom is 0.276 e. The second-order valence-corrected chi connectivity index (χ2v) is 6.26. The van der Waals surface area contributed by atoms with Crippen molar-refractivity contribution in [3.63, 3.8) is 0 Å². The van der Waals surface area contributed by atoms with Gasteiger partial charge in [-0.3, -0.25) is 4.68 Å². The summed E-state index contributed by atoms with van der Waals surface area (Å²) in [7, 11) is 1.89. The van der Waals surface area contributed by atoms with Gasteiger partial charge in [-0.15, -0.1) is 0 Å². The normalized spacial score (nSPS) is 26.2. The first-order valence-corrected chi connectivity index (χ1v) is 7.68. The Labute approximate surface area is 124 Å². The Morgan fingerprint density at radius 3 is 2.76 bits per heavy atom. The van der Waals surface area contributed by atoms with E-state index < -0.39 is 5.54 Å². The van der Waals surface area contributed by atoms with Gasteiger partial charge in [0, 0.05) is 7.05 Å². The molecule has 1 saturated carbocycles. The van der Waals surface area contributed by atoms with Crippen LogP contribution in [0, 0.1) is 5.92 Å². The highest BCUT2D eigenvalue weighted by Gasteiger charge is 2.36. The van der Waals surface area contributed by atoms with Crippen molar-refractivity contribution >= 4 is 0 Å². The summed E-state index contributed by atoms with van der Waals surface area (Å²) in [6.45, 7) is 4.34. The van der Waals surface area contributed by atoms with Gasteiger partial charge in [0.1, 0.15) is 5.69 Å². The van der Waals surface area contributed by atoms with Crippen molar-refractivity contribution < 1.29 is 4.52 Å². The van der Waals surface area contributed by atoms with Gasteiger partial charge in [-0.05, 0) is 44.1 Å². The molecule has 0 saturated heterocycles. The second-order valence-electron chi connectivity index (χ2n) is 6.26. The van der Waals surface area contributed by atoms with Crippen LogP contribution in [0.25, 0.3) is 11.6 Å². The minimum absolute atomic E-state index is 0.444. The predicted molar refractivity (Wildman–Crippen MR) is 79.4 cm³/mol. The molecule has 0 spiro atoms. The molecule has 6 nitrogen and oxygen atoms in total. The van der Waals surface area contributed by atoms with E-state index >= 15 is 0 Å². The number of hydrogen-bond acceptors (Lipinski definition) is 5. The van der Waals surface area contributed by atoms with E-state index in [1.165, 1.54) is 0 Å². The van der Waals surface area contributed by atoms with Gasteiger partial charge in [-0.2, -0.15) is 10.1 Å². The van der Waals surface area contributed by atoms with E-state index in [4.69, 9.17) is 10.3 Å². The van der Waals surface area contributed by atoms with Gasteiger partial charge in [-0.25, -0.2) is 0 Å². The molecule has 6 heteroatoms. The summed E-state index contributed by atoms with van der Waals surface area (Å²) in [6.07, 6.45) is 4.95. The van der Waals surface area contributed by atoms with Gasteiger partial charge in [0.2, 0.25) is 0 Å². The Kier molecular flexibility index (Phi) is 3.57. The van der Waals surface area contributed by atoms with E-state index in [1.54, 1.807) is 4.68 Å². The molecule has 114 valence electrons. The molecule has 0 amide bonds. The third kappa shape index (κ3) is 2.60. The molecule has 1 aliphatic carbocycles. The van der Waals surface area contributed by atoms with Crippen molar-refractivity contribution in [2.24, 2.45) is 18.7 Å². The molecule has 1 fully saturated rings. The molecule has 2 aromatic rings. The van der Waals surface area contributed by atoms with Gasteiger partial charge in [0.05, 0.1) is 11.2 Å². The van der Waals surface area contributed by atoms with Gasteiger partial charge >= 0.3 is 0 Å². The summed E-state index contributed by atoms with van der Waals surface area (Å²) in [5.41, 5.74) is 7.91. The highest BCUT2D eigenvalue weighted by atomic mass is 16.5. The lowest BCUT2D eigenvalue weighted by Crippen LogP contribution is -2.41. The maximum absolute atomic E-state index is 6.50. The first-order chi connectivity index (χ1) is 10.0. The summed E-state index contributed by atoms with van der Waals surface area (Å²) in [5.74, 6) is 1.86. The Morgan fingerprint density at radius 2 is 2.14 bits per heavy atom. The Hall–Kier alpha value is -1.69. The molecule has 0 atom stereocenters. The van der Waals surface area contributed by atoms with Crippen LogP contribution < -0.4 is 5.73 Å². The van der Waals surface area contributed by atoms with Gasteiger partial charge < -0.3 is 10.3 Å². The molecule has 0 aromatic carbocycles. The monoisotopic (exact) mass is 289 g/mol. The smallest absolute Gasteiger partial charge is 0.276 e. The topological polar surface area (TPSA) is 82.8 Å². The van der Waals surface area contributed by atoms with Crippen LogP contribution in [0.4, 0.5) is 0 Å². The van der Waals surface area contributed by atoms with Crippen LogP contribution in [0.1, 0.15) is 51.0 Å². The largest absolute Gasteiger partial charge is 0.332 e. The molecule has 1 aliphatic rings. The van der Waals surface area contributed by atoms with Crippen molar-refractivity contribution in [2.45, 2.75) is 51.5 Å². The zero-order valence-corrected chi connectivity index (χ0v) is 13.0. The molecular weight excluding hydrogens is 266 g/mol. The van der Waals surface area contributed by atoms with Crippen LogP contribution in [-0.2, 0) is 19.0 Å². The number of rotatable bonds is 3. The van der Waals surface area contributed by atoms with E-state index in [1.807, 2.05) is 13.1 Å². The van der Waals surface area contributed by atoms with E-state index in [2.05, 4.69) is 29.1 Å².